The molecular formula is C20H21N3O4. The Morgan fingerprint density at radius 3 is 2.78 bits per heavy atom. The Morgan fingerprint density at radius 2 is 2.07 bits per heavy atom. The van der Waals surface area contributed by atoms with Gasteiger partial charge in [-0.1, -0.05) is 13.8 Å². The summed E-state index contributed by atoms with van der Waals surface area (Å²) in [4.78, 5) is 33.0. The average molecular weight is 367 g/mol. The van der Waals surface area contributed by atoms with Crippen LogP contribution in [0.5, 0.6) is 5.75 Å². The van der Waals surface area contributed by atoms with E-state index in [4.69, 9.17) is 4.42 Å². The molecule has 3 rings (SSSR count). The van der Waals surface area contributed by atoms with E-state index in [0.29, 0.717) is 34.8 Å². The molecule has 2 aromatic heterocycles. The van der Waals surface area contributed by atoms with Crippen LogP contribution in [0.2, 0.25) is 0 Å². The number of aromatic hydroxyl groups is 1. The summed E-state index contributed by atoms with van der Waals surface area (Å²) < 4.78 is 6.55. The first kappa shape index (κ1) is 18.6. The van der Waals surface area contributed by atoms with Crippen LogP contribution >= 0.6 is 0 Å². The van der Waals surface area contributed by atoms with Crippen molar-refractivity contribution in [2.45, 2.75) is 33.7 Å². The standard InChI is InChI=1S/C20H21N3O4/c1-12(2)6-7-23-11-22-17-5-4-14(9-15(17)19(23)25)21-10-16-18(24)8-13(3)27-20(16)26/h4-5,8-12,24H,6-7H2,1-3H3. The molecule has 140 valence electrons. The molecule has 0 amide bonds. The Labute approximate surface area is 155 Å². The van der Waals surface area contributed by atoms with E-state index >= 15 is 0 Å². The van der Waals surface area contributed by atoms with Crippen LogP contribution in [0.3, 0.4) is 0 Å². The zero-order valence-corrected chi connectivity index (χ0v) is 15.5. The monoisotopic (exact) mass is 367 g/mol. The molecule has 0 radical (unpaired) electrons. The van der Waals surface area contributed by atoms with E-state index in [1.165, 1.54) is 12.3 Å². The van der Waals surface area contributed by atoms with Gasteiger partial charge in [0.05, 0.1) is 22.9 Å². The molecule has 0 aliphatic carbocycles. The van der Waals surface area contributed by atoms with Crippen LogP contribution in [-0.2, 0) is 6.54 Å². The van der Waals surface area contributed by atoms with Crippen molar-refractivity contribution in [3.8, 4) is 5.75 Å². The zero-order chi connectivity index (χ0) is 19.6. The molecule has 2 heterocycles. The number of rotatable bonds is 5. The minimum Gasteiger partial charge on any atom is -0.507 e. The van der Waals surface area contributed by atoms with Gasteiger partial charge in [0.2, 0.25) is 0 Å². The van der Waals surface area contributed by atoms with Gasteiger partial charge in [-0.15, -0.1) is 0 Å². The quantitative estimate of drug-likeness (QED) is 0.699. The van der Waals surface area contributed by atoms with Crippen molar-refractivity contribution in [3.05, 3.63) is 62.7 Å². The summed E-state index contributed by atoms with van der Waals surface area (Å²) in [5.74, 6) is 0.594. The van der Waals surface area contributed by atoms with E-state index < -0.39 is 5.63 Å². The number of hydrogen-bond donors (Lipinski definition) is 1. The van der Waals surface area contributed by atoms with Gasteiger partial charge in [0, 0.05) is 18.8 Å². The molecule has 27 heavy (non-hydrogen) atoms. The van der Waals surface area contributed by atoms with Gasteiger partial charge in [0.25, 0.3) is 5.56 Å². The van der Waals surface area contributed by atoms with Crippen molar-refractivity contribution in [2.24, 2.45) is 10.9 Å². The summed E-state index contributed by atoms with van der Waals surface area (Å²) in [6, 6.07) is 6.37. The maximum atomic E-state index is 12.7. The Balaban J connectivity index is 1.98. The number of nitrogens with zero attached hydrogens (tertiary/aromatic N) is 3. The Bertz CT molecular complexity index is 1130. The number of aryl methyl sites for hydroxylation is 2. The number of aromatic nitrogens is 2. The fraction of sp³-hybridized carbons (Fsp3) is 0.300. The van der Waals surface area contributed by atoms with Gasteiger partial charge in [0.15, 0.2) is 0 Å². The number of aliphatic imine (C=N–C) groups is 1. The lowest BCUT2D eigenvalue weighted by molar-refractivity contribution is 0.433. The van der Waals surface area contributed by atoms with Gasteiger partial charge in [-0.3, -0.25) is 14.4 Å². The SMILES string of the molecule is Cc1cc(O)c(C=Nc2ccc3ncn(CCC(C)C)c(=O)c3c2)c(=O)o1. The average Bonchev–Trinajstić information content (AvgIpc) is 2.60. The molecule has 0 atom stereocenters. The molecule has 7 nitrogen and oxygen atoms in total. The maximum absolute atomic E-state index is 12.7. The molecular weight excluding hydrogens is 346 g/mol. The van der Waals surface area contributed by atoms with Crippen molar-refractivity contribution < 1.29 is 9.52 Å². The van der Waals surface area contributed by atoms with Crippen LogP contribution in [0, 0.1) is 12.8 Å². The van der Waals surface area contributed by atoms with Crippen LogP contribution in [0.25, 0.3) is 10.9 Å². The molecule has 0 aliphatic heterocycles. The van der Waals surface area contributed by atoms with Crippen LogP contribution in [0.15, 0.2) is 49.6 Å². The van der Waals surface area contributed by atoms with Crippen molar-refractivity contribution in [1.29, 1.82) is 0 Å². The van der Waals surface area contributed by atoms with Gasteiger partial charge < -0.3 is 9.52 Å². The predicted molar refractivity (Wildman–Crippen MR) is 104 cm³/mol. The second kappa shape index (κ2) is 7.57. The molecule has 0 fully saturated rings. The van der Waals surface area contributed by atoms with Gasteiger partial charge in [0.1, 0.15) is 17.1 Å². The lowest BCUT2D eigenvalue weighted by atomic mass is 10.1. The smallest absolute Gasteiger partial charge is 0.348 e. The van der Waals surface area contributed by atoms with Gasteiger partial charge in [-0.25, -0.2) is 9.78 Å². The summed E-state index contributed by atoms with van der Waals surface area (Å²) in [5.41, 5.74) is 0.214. The minimum atomic E-state index is -0.672. The first-order valence-corrected chi connectivity index (χ1v) is 8.72. The first-order valence-electron chi connectivity index (χ1n) is 8.72. The zero-order valence-electron chi connectivity index (χ0n) is 15.5. The van der Waals surface area contributed by atoms with Crippen molar-refractivity contribution in [2.75, 3.05) is 0 Å². The third kappa shape index (κ3) is 4.13. The lowest BCUT2D eigenvalue weighted by Crippen LogP contribution is -2.21. The second-order valence-electron chi connectivity index (χ2n) is 6.83. The summed E-state index contributed by atoms with van der Waals surface area (Å²) >= 11 is 0. The fourth-order valence-corrected chi connectivity index (χ4v) is 2.65. The largest absolute Gasteiger partial charge is 0.507 e. The molecule has 0 aliphatic rings. The number of hydrogen-bond acceptors (Lipinski definition) is 6. The molecule has 1 aromatic carbocycles. The van der Waals surface area contributed by atoms with Gasteiger partial charge in [-0.2, -0.15) is 0 Å². The number of fused-ring (bicyclic) bond motifs is 1. The van der Waals surface area contributed by atoms with Crippen LogP contribution in [0.1, 0.15) is 31.6 Å². The van der Waals surface area contributed by atoms with E-state index in [1.54, 1.807) is 36.0 Å². The normalized spacial score (nSPS) is 11.7. The number of benzene rings is 1. The lowest BCUT2D eigenvalue weighted by Gasteiger charge is -2.08. The van der Waals surface area contributed by atoms with E-state index in [0.717, 1.165) is 6.42 Å². The van der Waals surface area contributed by atoms with Crippen molar-refractivity contribution in [3.63, 3.8) is 0 Å². The Morgan fingerprint density at radius 1 is 1.30 bits per heavy atom. The highest BCUT2D eigenvalue weighted by Gasteiger charge is 2.08. The highest BCUT2D eigenvalue weighted by atomic mass is 16.4. The Hall–Kier alpha value is -3.22. The summed E-state index contributed by atoms with van der Waals surface area (Å²) in [6.07, 6.45) is 3.67. The molecule has 0 unspecified atom stereocenters. The third-order valence-electron chi connectivity index (χ3n) is 4.19. The highest BCUT2D eigenvalue weighted by Crippen LogP contribution is 2.19. The van der Waals surface area contributed by atoms with Crippen LogP contribution in [-0.4, -0.2) is 20.9 Å². The van der Waals surface area contributed by atoms with Gasteiger partial charge in [-0.05, 0) is 37.5 Å². The van der Waals surface area contributed by atoms with E-state index in [2.05, 4.69) is 23.8 Å². The minimum absolute atomic E-state index is 0.0405. The van der Waals surface area contributed by atoms with E-state index in [9.17, 15) is 14.7 Å². The topological polar surface area (TPSA) is 97.7 Å². The fourth-order valence-electron chi connectivity index (χ4n) is 2.65. The van der Waals surface area contributed by atoms with E-state index in [-0.39, 0.29) is 16.9 Å². The molecule has 7 heteroatoms. The van der Waals surface area contributed by atoms with Crippen molar-refractivity contribution in [1.82, 2.24) is 9.55 Å². The Kier molecular flexibility index (Phi) is 5.21. The maximum Gasteiger partial charge on any atom is 0.348 e. The molecule has 0 bridgehead atoms. The molecule has 3 aromatic rings. The molecule has 1 N–H and O–H groups in total. The summed E-state index contributed by atoms with van der Waals surface area (Å²) in [7, 11) is 0. The van der Waals surface area contributed by atoms with Crippen LogP contribution < -0.4 is 11.2 Å². The summed E-state index contributed by atoms with van der Waals surface area (Å²) in [6.45, 7) is 6.38. The molecule has 0 saturated carbocycles. The van der Waals surface area contributed by atoms with Crippen LogP contribution in [0.4, 0.5) is 5.69 Å². The highest BCUT2D eigenvalue weighted by molar-refractivity contribution is 5.86. The third-order valence-corrected chi connectivity index (χ3v) is 4.19. The molecule has 0 saturated heterocycles. The predicted octanol–water partition coefficient (Wildman–Crippen LogP) is 3.16. The summed E-state index contributed by atoms with van der Waals surface area (Å²) in [5, 5.41) is 10.3. The molecule has 0 spiro atoms. The second-order valence-corrected chi connectivity index (χ2v) is 6.83. The first-order chi connectivity index (χ1) is 12.8. The van der Waals surface area contributed by atoms with Gasteiger partial charge >= 0.3 is 5.63 Å². The van der Waals surface area contributed by atoms with E-state index in [1.807, 2.05) is 0 Å². The van der Waals surface area contributed by atoms with Crippen molar-refractivity contribution >= 4 is 22.8 Å².